The van der Waals surface area contributed by atoms with E-state index >= 15 is 0 Å². The van der Waals surface area contributed by atoms with Crippen LogP contribution in [0.3, 0.4) is 0 Å². The van der Waals surface area contributed by atoms with Gasteiger partial charge in [0, 0.05) is 5.56 Å². The van der Waals surface area contributed by atoms with Gasteiger partial charge in [-0.05, 0) is 36.5 Å². The predicted molar refractivity (Wildman–Crippen MR) is 82.1 cm³/mol. The number of benzene rings is 1. The first-order valence-corrected chi connectivity index (χ1v) is 8.17. The average molecular weight is 300 g/mol. The molecule has 0 bridgehead atoms. The van der Waals surface area contributed by atoms with E-state index in [9.17, 15) is 10.00 Å². The zero-order chi connectivity index (χ0) is 15.2. The summed E-state index contributed by atoms with van der Waals surface area (Å²) in [7, 11) is -1.93. The molecule has 0 saturated heterocycles. The molecule has 0 aromatic heterocycles. The van der Waals surface area contributed by atoms with Crippen molar-refractivity contribution < 1.29 is 19.0 Å². The number of hydrogen-bond donors (Lipinski definition) is 2. The topological polar surface area (TPSA) is 58.9 Å². The Hall–Kier alpha value is -0.830. The number of rotatable bonds is 8. The van der Waals surface area contributed by atoms with Crippen LogP contribution in [0.15, 0.2) is 18.2 Å². The first kappa shape index (κ1) is 17.2. The smallest absolute Gasteiger partial charge is 0.394 e. The molecule has 4 nitrogen and oxygen atoms in total. The minimum atomic E-state index is -1.93. The third kappa shape index (κ3) is 4.93. The van der Waals surface area contributed by atoms with Crippen LogP contribution in [0.25, 0.3) is 0 Å². The highest BCUT2D eigenvalue weighted by Gasteiger charge is 2.24. The lowest BCUT2D eigenvalue weighted by molar-refractivity contribution is 0.254. The lowest BCUT2D eigenvalue weighted by Gasteiger charge is -2.26. The molecule has 1 aromatic carbocycles. The van der Waals surface area contributed by atoms with Crippen LogP contribution < -0.4 is 4.52 Å². The molecule has 114 valence electrons. The summed E-state index contributed by atoms with van der Waals surface area (Å²) in [4.78, 5) is 9.82. The summed E-state index contributed by atoms with van der Waals surface area (Å²) in [5, 5.41) is 9.66. The van der Waals surface area contributed by atoms with Crippen molar-refractivity contribution in [2.75, 3.05) is 6.61 Å². The van der Waals surface area contributed by atoms with E-state index in [0.29, 0.717) is 12.4 Å². The van der Waals surface area contributed by atoms with Gasteiger partial charge in [-0.2, -0.15) is 0 Å². The van der Waals surface area contributed by atoms with Gasteiger partial charge in [-0.1, -0.05) is 34.1 Å². The number of phenols is 1. The minimum Gasteiger partial charge on any atom is -0.508 e. The largest absolute Gasteiger partial charge is 0.508 e. The number of phenolic OH excluding ortho intramolecular Hbond substituents is 1. The number of unbranched alkanes of at least 4 members (excludes halogenated alkanes) is 1. The maximum Gasteiger partial charge on any atom is 0.394 e. The van der Waals surface area contributed by atoms with Crippen LogP contribution in [-0.4, -0.2) is 16.6 Å². The van der Waals surface area contributed by atoms with E-state index in [2.05, 4.69) is 27.7 Å². The Morgan fingerprint density at radius 3 is 2.55 bits per heavy atom. The molecule has 0 saturated carbocycles. The Balaban J connectivity index is 2.84. The number of aromatic hydroxyl groups is 1. The van der Waals surface area contributed by atoms with Crippen molar-refractivity contribution in [3.8, 4) is 11.5 Å². The van der Waals surface area contributed by atoms with Gasteiger partial charge in [-0.25, -0.2) is 0 Å². The minimum absolute atomic E-state index is 0.145. The summed E-state index contributed by atoms with van der Waals surface area (Å²) in [6.45, 7) is 8.78. The summed E-state index contributed by atoms with van der Waals surface area (Å²) in [5.74, 6) is 0.766. The molecule has 2 N–H and O–H groups in total. The van der Waals surface area contributed by atoms with Crippen LogP contribution in [0.4, 0.5) is 0 Å². The van der Waals surface area contributed by atoms with E-state index in [1.54, 1.807) is 18.2 Å². The van der Waals surface area contributed by atoms with Crippen LogP contribution in [0.5, 0.6) is 11.5 Å². The van der Waals surface area contributed by atoms with Crippen molar-refractivity contribution in [3.05, 3.63) is 23.8 Å². The summed E-state index contributed by atoms with van der Waals surface area (Å²) < 4.78 is 10.8. The van der Waals surface area contributed by atoms with E-state index in [4.69, 9.17) is 9.05 Å². The first-order chi connectivity index (χ1) is 9.40. The summed E-state index contributed by atoms with van der Waals surface area (Å²) >= 11 is 0. The highest BCUT2D eigenvalue weighted by atomic mass is 31.2. The molecule has 0 aliphatic carbocycles. The standard InChI is InChI=1S/C15H25O4P/c1-5-7-10-18-20(17)19-14-9-8-12(16)11-13(14)15(3,4)6-2/h8-9,11,16-17H,5-7,10H2,1-4H3. The predicted octanol–water partition coefficient (Wildman–Crippen LogP) is 4.49. The van der Waals surface area contributed by atoms with Crippen molar-refractivity contribution in [1.29, 1.82) is 0 Å². The van der Waals surface area contributed by atoms with Crippen molar-refractivity contribution in [1.82, 2.24) is 0 Å². The molecular weight excluding hydrogens is 275 g/mol. The van der Waals surface area contributed by atoms with E-state index in [1.807, 2.05) is 0 Å². The third-order valence-corrected chi connectivity index (χ3v) is 4.21. The van der Waals surface area contributed by atoms with Crippen molar-refractivity contribution in [2.24, 2.45) is 0 Å². The van der Waals surface area contributed by atoms with E-state index in [-0.39, 0.29) is 11.2 Å². The van der Waals surface area contributed by atoms with Crippen LogP contribution in [0.1, 0.15) is 52.5 Å². The molecule has 1 atom stereocenters. The Morgan fingerprint density at radius 2 is 1.95 bits per heavy atom. The SMILES string of the molecule is CCCCOP(O)Oc1ccc(O)cc1C(C)(C)CC. The molecule has 1 unspecified atom stereocenters. The fourth-order valence-corrected chi connectivity index (χ4v) is 2.38. The van der Waals surface area contributed by atoms with Gasteiger partial charge < -0.3 is 19.0 Å². The molecule has 0 heterocycles. The Morgan fingerprint density at radius 1 is 1.25 bits per heavy atom. The van der Waals surface area contributed by atoms with E-state index in [0.717, 1.165) is 24.8 Å². The highest BCUT2D eigenvalue weighted by Crippen LogP contribution is 2.42. The molecule has 1 aromatic rings. The van der Waals surface area contributed by atoms with Crippen LogP contribution >= 0.6 is 8.60 Å². The molecule has 0 aliphatic rings. The fourth-order valence-electron chi connectivity index (χ4n) is 1.71. The summed E-state index contributed by atoms with van der Waals surface area (Å²) in [5.41, 5.74) is 0.730. The van der Waals surface area contributed by atoms with Gasteiger partial charge >= 0.3 is 8.60 Å². The summed E-state index contributed by atoms with van der Waals surface area (Å²) in [6.07, 6.45) is 2.80. The molecule has 0 radical (unpaired) electrons. The second-order valence-corrected chi connectivity index (χ2v) is 6.35. The molecule has 0 spiro atoms. The quantitative estimate of drug-likeness (QED) is 0.548. The lowest BCUT2D eigenvalue weighted by atomic mass is 9.81. The van der Waals surface area contributed by atoms with Crippen molar-refractivity contribution >= 4 is 8.60 Å². The Labute approximate surface area is 122 Å². The lowest BCUT2D eigenvalue weighted by Crippen LogP contribution is -2.16. The molecule has 5 heteroatoms. The monoisotopic (exact) mass is 300 g/mol. The van der Waals surface area contributed by atoms with Crippen LogP contribution in [-0.2, 0) is 9.94 Å². The van der Waals surface area contributed by atoms with E-state index < -0.39 is 8.60 Å². The molecule has 20 heavy (non-hydrogen) atoms. The normalized spacial score (nSPS) is 13.2. The van der Waals surface area contributed by atoms with Crippen molar-refractivity contribution in [3.63, 3.8) is 0 Å². The van der Waals surface area contributed by atoms with E-state index in [1.165, 1.54) is 0 Å². The maximum absolute atomic E-state index is 9.82. The fraction of sp³-hybridized carbons (Fsp3) is 0.600. The van der Waals surface area contributed by atoms with Gasteiger partial charge in [-0.15, -0.1) is 0 Å². The first-order valence-electron chi connectivity index (χ1n) is 7.04. The Kier molecular flexibility index (Phi) is 6.74. The second kappa shape index (κ2) is 7.82. The molecule has 1 rings (SSSR count). The Bertz CT molecular complexity index is 420. The van der Waals surface area contributed by atoms with Gasteiger partial charge in [0.2, 0.25) is 0 Å². The van der Waals surface area contributed by atoms with Crippen LogP contribution in [0, 0.1) is 0 Å². The van der Waals surface area contributed by atoms with Gasteiger partial charge in [0.25, 0.3) is 0 Å². The second-order valence-electron chi connectivity index (χ2n) is 5.43. The van der Waals surface area contributed by atoms with Gasteiger partial charge in [-0.3, -0.25) is 0 Å². The number of hydrogen-bond acceptors (Lipinski definition) is 4. The average Bonchev–Trinajstić information content (AvgIpc) is 2.41. The zero-order valence-corrected chi connectivity index (χ0v) is 13.6. The summed E-state index contributed by atoms with van der Waals surface area (Å²) in [6, 6.07) is 4.92. The van der Waals surface area contributed by atoms with Crippen LogP contribution in [0.2, 0.25) is 0 Å². The van der Waals surface area contributed by atoms with Gasteiger partial charge in [0.15, 0.2) is 0 Å². The highest BCUT2D eigenvalue weighted by molar-refractivity contribution is 7.41. The van der Waals surface area contributed by atoms with Gasteiger partial charge in [0.05, 0.1) is 6.61 Å². The molecule has 0 amide bonds. The zero-order valence-electron chi connectivity index (χ0n) is 12.7. The third-order valence-electron chi connectivity index (χ3n) is 3.45. The molecule has 0 aliphatic heterocycles. The van der Waals surface area contributed by atoms with Crippen molar-refractivity contribution in [2.45, 2.75) is 52.4 Å². The van der Waals surface area contributed by atoms with Gasteiger partial charge in [0.1, 0.15) is 11.5 Å². The molecule has 0 fully saturated rings. The molecular formula is C15H25O4P. The maximum atomic E-state index is 9.82.